The summed E-state index contributed by atoms with van der Waals surface area (Å²) in [4.78, 5) is 18.2. The Hall–Kier alpha value is -1.79. The molecule has 0 saturated carbocycles. The van der Waals surface area contributed by atoms with E-state index in [1.165, 1.54) is 0 Å². The van der Waals surface area contributed by atoms with Crippen LogP contribution in [0.3, 0.4) is 0 Å². The molecule has 1 aliphatic heterocycles. The number of nitrogens with one attached hydrogen (secondary N) is 1. The maximum absolute atomic E-state index is 5.75. The van der Waals surface area contributed by atoms with E-state index in [1.807, 2.05) is 6.07 Å². The molecule has 2 aromatic rings. The summed E-state index contributed by atoms with van der Waals surface area (Å²) in [6, 6.07) is 1.98. The first kappa shape index (κ1) is 14.2. The predicted octanol–water partition coefficient (Wildman–Crippen LogP) is 1.20. The molecule has 0 aromatic carbocycles. The summed E-state index contributed by atoms with van der Waals surface area (Å²) in [5, 5.41) is 0. The molecular weight excluding hydrogens is 266 g/mol. The summed E-state index contributed by atoms with van der Waals surface area (Å²) >= 11 is 0. The fraction of sp³-hybridized carbons (Fsp3) is 0.533. The summed E-state index contributed by atoms with van der Waals surface area (Å²) in [7, 11) is 0. The van der Waals surface area contributed by atoms with Crippen LogP contribution in [0.25, 0.3) is 0 Å². The molecule has 0 aliphatic carbocycles. The van der Waals surface area contributed by atoms with Gasteiger partial charge in [0, 0.05) is 43.1 Å². The van der Waals surface area contributed by atoms with Gasteiger partial charge in [-0.1, -0.05) is 0 Å². The minimum atomic E-state index is 0.460. The van der Waals surface area contributed by atoms with Gasteiger partial charge in [-0.3, -0.25) is 4.90 Å². The van der Waals surface area contributed by atoms with Crippen molar-refractivity contribution < 1.29 is 4.74 Å². The van der Waals surface area contributed by atoms with Crippen molar-refractivity contribution in [1.29, 1.82) is 0 Å². The highest BCUT2D eigenvalue weighted by Gasteiger charge is 2.20. The summed E-state index contributed by atoms with van der Waals surface area (Å²) in [6.45, 7) is 6.47. The molecule has 3 heterocycles. The number of aromatic nitrogens is 4. The van der Waals surface area contributed by atoms with Crippen LogP contribution in [0.4, 0.5) is 0 Å². The number of rotatable bonds is 4. The second-order valence-electron chi connectivity index (χ2n) is 5.56. The van der Waals surface area contributed by atoms with E-state index in [-0.39, 0.29) is 0 Å². The molecule has 21 heavy (non-hydrogen) atoms. The number of hydrogen-bond donors (Lipinski definition) is 1. The van der Waals surface area contributed by atoms with Crippen LogP contribution in [-0.4, -0.2) is 51.1 Å². The average Bonchev–Trinajstić information content (AvgIpc) is 2.76. The van der Waals surface area contributed by atoms with E-state index < -0.39 is 0 Å². The lowest BCUT2D eigenvalue weighted by atomic mass is 10.0. The van der Waals surface area contributed by atoms with Gasteiger partial charge in [-0.15, -0.1) is 0 Å². The third-order valence-electron chi connectivity index (χ3n) is 3.87. The second-order valence-corrected chi connectivity index (χ2v) is 5.56. The Morgan fingerprint density at radius 1 is 1.43 bits per heavy atom. The zero-order valence-corrected chi connectivity index (χ0v) is 12.3. The first-order valence-electron chi connectivity index (χ1n) is 7.35. The summed E-state index contributed by atoms with van der Waals surface area (Å²) < 4.78 is 5.75. The monoisotopic (exact) mass is 287 g/mol. The third-order valence-corrected chi connectivity index (χ3v) is 3.87. The van der Waals surface area contributed by atoms with Crippen molar-refractivity contribution in [3.8, 4) is 0 Å². The minimum absolute atomic E-state index is 0.460. The maximum atomic E-state index is 5.75. The SMILES string of the molecule is Cc1[nH]cnc1CN1CCOC[C@@H](Cc2ccncn2)C1. The fourth-order valence-electron chi connectivity index (χ4n) is 2.71. The van der Waals surface area contributed by atoms with Gasteiger partial charge in [0.15, 0.2) is 0 Å². The Labute approximate surface area is 124 Å². The minimum Gasteiger partial charge on any atom is -0.380 e. The Kier molecular flexibility index (Phi) is 4.57. The van der Waals surface area contributed by atoms with Crippen LogP contribution in [0.15, 0.2) is 24.9 Å². The van der Waals surface area contributed by atoms with Crippen LogP contribution in [0.1, 0.15) is 17.1 Å². The average molecular weight is 287 g/mol. The van der Waals surface area contributed by atoms with Gasteiger partial charge in [-0.2, -0.15) is 0 Å². The molecule has 1 aliphatic rings. The summed E-state index contributed by atoms with van der Waals surface area (Å²) in [5.74, 6) is 0.460. The smallest absolute Gasteiger partial charge is 0.115 e. The van der Waals surface area contributed by atoms with E-state index in [0.29, 0.717) is 5.92 Å². The number of aryl methyl sites for hydroxylation is 1. The van der Waals surface area contributed by atoms with E-state index >= 15 is 0 Å². The number of nitrogens with zero attached hydrogens (tertiary/aromatic N) is 4. The van der Waals surface area contributed by atoms with Gasteiger partial charge in [-0.25, -0.2) is 15.0 Å². The Morgan fingerprint density at radius 3 is 3.14 bits per heavy atom. The number of ether oxygens (including phenoxy) is 1. The van der Waals surface area contributed by atoms with E-state index in [2.05, 4.69) is 31.8 Å². The molecule has 1 fully saturated rings. The highest BCUT2D eigenvalue weighted by molar-refractivity contribution is 5.08. The lowest BCUT2D eigenvalue weighted by Gasteiger charge is -2.22. The molecule has 0 radical (unpaired) electrons. The van der Waals surface area contributed by atoms with E-state index in [0.717, 1.165) is 56.4 Å². The molecular formula is C15H21N5O. The van der Waals surface area contributed by atoms with Crippen molar-refractivity contribution >= 4 is 0 Å². The second kappa shape index (κ2) is 6.78. The highest BCUT2D eigenvalue weighted by atomic mass is 16.5. The Balaban J connectivity index is 1.62. The van der Waals surface area contributed by atoms with Gasteiger partial charge >= 0.3 is 0 Å². The largest absolute Gasteiger partial charge is 0.380 e. The maximum Gasteiger partial charge on any atom is 0.115 e. The number of H-pyrrole nitrogens is 1. The normalized spacial score (nSPS) is 20.3. The first-order valence-corrected chi connectivity index (χ1v) is 7.35. The standard InChI is InChI=1S/C15H21N5O/c1-12-15(19-11-17-12)8-20-4-5-21-9-13(7-20)6-14-2-3-16-10-18-14/h2-3,10-11,13H,4-9H2,1H3,(H,17,19)/t13-/m0/s1. The molecule has 3 rings (SSSR count). The molecule has 6 heteroatoms. The summed E-state index contributed by atoms with van der Waals surface area (Å²) in [5.41, 5.74) is 3.35. The van der Waals surface area contributed by atoms with E-state index in [9.17, 15) is 0 Å². The predicted molar refractivity (Wildman–Crippen MR) is 78.6 cm³/mol. The first-order chi connectivity index (χ1) is 10.3. The molecule has 112 valence electrons. The molecule has 0 amide bonds. The van der Waals surface area contributed by atoms with Crippen molar-refractivity contribution in [1.82, 2.24) is 24.8 Å². The van der Waals surface area contributed by atoms with Crippen molar-refractivity contribution in [2.75, 3.05) is 26.3 Å². The molecule has 1 N–H and O–H groups in total. The van der Waals surface area contributed by atoms with Crippen molar-refractivity contribution in [3.05, 3.63) is 42.0 Å². The Bertz CT molecular complexity index is 556. The molecule has 1 saturated heterocycles. The van der Waals surface area contributed by atoms with Crippen LogP contribution in [-0.2, 0) is 17.7 Å². The molecule has 6 nitrogen and oxygen atoms in total. The van der Waals surface area contributed by atoms with Crippen molar-refractivity contribution in [2.45, 2.75) is 19.9 Å². The quantitative estimate of drug-likeness (QED) is 0.915. The highest BCUT2D eigenvalue weighted by Crippen LogP contribution is 2.15. The number of hydrogen-bond acceptors (Lipinski definition) is 5. The van der Waals surface area contributed by atoms with E-state index in [4.69, 9.17) is 4.74 Å². The van der Waals surface area contributed by atoms with E-state index in [1.54, 1.807) is 18.9 Å². The zero-order valence-electron chi connectivity index (χ0n) is 12.3. The molecule has 1 atom stereocenters. The van der Waals surface area contributed by atoms with Gasteiger partial charge < -0.3 is 9.72 Å². The molecule has 0 spiro atoms. The molecule has 2 aromatic heterocycles. The van der Waals surface area contributed by atoms with Crippen molar-refractivity contribution in [3.63, 3.8) is 0 Å². The van der Waals surface area contributed by atoms with Crippen LogP contribution >= 0.6 is 0 Å². The fourth-order valence-corrected chi connectivity index (χ4v) is 2.71. The third kappa shape index (κ3) is 3.86. The van der Waals surface area contributed by atoms with Gasteiger partial charge in [0.1, 0.15) is 6.33 Å². The van der Waals surface area contributed by atoms with Gasteiger partial charge in [0.05, 0.1) is 25.2 Å². The van der Waals surface area contributed by atoms with Crippen LogP contribution in [0.2, 0.25) is 0 Å². The lowest BCUT2D eigenvalue weighted by Crippen LogP contribution is -2.31. The zero-order chi connectivity index (χ0) is 14.5. The Morgan fingerprint density at radius 2 is 2.38 bits per heavy atom. The van der Waals surface area contributed by atoms with Gasteiger partial charge in [-0.05, 0) is 19.4 Å². The molecule has 0 bridgehead atoms. The van der Waals surface area contributed by atoms with Gasteiger partial charge in [0.2, 0.25) is 0 Å². The number of imidazole rings is 1. The topological polar surface area (TPSA) is 66.9 Å². The van der Waals surface area contributed by atoms with Gasteiger partial charge in [0.25, 0.3) is 0 Å². The number of aromatic amines is 1. The summed E-state index contributed by atoms with van der Waals surface area (Å²) in [6.07, 6.45) is 6.10. The van der Waals surface area contributed by atoms with Crippen LogP contribution in [0.5, 0.6) is 0 Å². The van der Waals surface area contributed by atoms with Crippen LogP contribution < -0.4 is 0 Å². The molecule has 0 unspecified atom stereocenters. The van der Waals surface area contributed by atoms with Crippen molar-refractivity contribution in [2.24, 2.45) is 5.92 Å². The van der Waals surface area contributed by atoms with Crippen LogP contribution in [0, 0.1) is 12.8 Å². The lowest BCUT2D eigenvalue weighted by molar-refractivity contribution is 0.121.